The third-order valence-corrected chi connectivity index (χ3v) is 4.09. The molecule has 4 nitrogen and oxygen atoms in total. The van der Waals surface area contributed by atoms with E-state index >= 15 is 0 Å². The Morgan fingerprint density at radius 3 is 2.50 bits per heavy atom. The molecule has 0 aromatic heterocycles. The maximum absolute atomic E-state index is 12.0. The number of carbonyl (C=O) groups is 2. The molecule has 0 spiro atoms. The number of hydrogen-bond donors (Lipinski definition) is 2. The maximum Gasteiger partial charge on any atom is 0.252 e. The molecular formula is C16H14ClIN2O2. The second-order valence-corrected chi connectivity index (χ2v) is 6.17. The zero-order valence-electron chi connectivity index (χ0n) is 11.6. The standard InChI is InChI=1S/C16H14ClIN2O2/c17-12-6-7-14(18)13(8-12)16(22)20-10-15(21)19-9-11-4-2-1-3-5-11/h1-8H,9-10H2,(H,19,21)(H,20,22). The van der Waals surface area contributed by atoms with Crippen molar-refractivity contribution in [2.45, 2.75) is 6.54 Å². The molecule has 0 aliphatic rings. The lowest BCUT2D eigenvalue weighted by Gasteiger charge is -2.08. The van der Waals surface area contributed by atoms with Crippen LogP contribution in [0.4, 0.5) is 0 Å². The molecule has 0 saturated heterocycles. The molecule has 22 heavy (non-hydrogen) atoms. The third-order valence-electron chi connectivity index (χ3n) is 2.92. The molecular weight excluding hydrogens is 415 g/mol. The van der Waals surface area contributed by atoms with Crippen LogP contribution in [0.1, 0.15) is 15.9 Å². The highest BCUT2D eigenvalue weighted by molar-refractivity contribution is 14.1. The molecule has 0 radical (unpaired) electrons. The predicted molar refractivity (Wildman–Crippen MR) is 94.8 cm³/mol. The van der Waals surface area contributed by atoms with E-state index in [-0.39, 0.29) is 18.4 Å². The topological polar surface area (TPSA) is 58.2 Å². The molecule has 0 heterocycles. The average Bonchev–Trinajstić information content (AvgIpc) is 2.54. The minimum atomic E-state index is -0.318. The van der Waals surface area contributed by atoms with Gasteiger partial charge in [-0.25, -0.2) is 0 Å². The average molecular weight is 429 g/mol. The van der Waals surface area contributed by atoms with Gasteiger partial charge in [0.25, 0.3) is 5.91 Å². The van der Waals surface area contributed by atoms with Gasteiger partial charge in [-0.1, -0.05) is 41.9 Å². The maximum atomic E-state index is 12.0. The van der Waals surface area contributed by atoms with E-state index in [0.29, 0.717) is 17.1 Å². The molecule has 6 heteroatoms. The molecule has 0 saturated carbocycles. The Morgan fingerprint density at radius 2 is 1.77 bits per heavy atom. The van der Waals surface area contributed by atoms with Crippen LogP contribution in [0.25, 0.3) is 0 Å². The van der Waals surface area contributed by atoms with Crippen molar-refractivity contribution in [3.8, 4) is 0 Å². The van der Waals surface area contributed by atoms with Gasteiger partial charge in [-0.2, -0.15) is 0 Å². The van der Waals surface area contributed by atoms with E-state index in [1.165, 1.54) is 0 Å². The molecule has 0 aliphatic heterocycles. The third kappa shape index (κ3) is 4.99. The highest BCUT2D eigenvalue weighted by Crippen LogP contribution is 2.17. The summed E-state index contributed by atoms with van der Waals surface area (Å²) in [7, 11) is 0. The summed E-state index contributed by atoms with van der Waals surface area (Å²) in [5.41, 5.74) is 1.47. The summed E-state index contributed by atoms with van der Waals surface area (Å²) < 4.78 is 0.782. The monoisotopic (exact) mass is 428 g/mol. The summed E-state index contributed by atoms with van der Waals surface area (Å²) in [4.78, 5) is 23.8. The Hall–Kier alpha value is -1.60. The first-order chi connectivity index (χ1) is 10.6. The van der Waals surface area contributed by atoms with Crippen LogP contribution in [0.5, 0.6) is 0 Å². The van der Waals surface area contributed by atoms with Crippen molar-refractivity contribution >= 4 is 46.0 Å². The van der Waals surface area contributed by atoms with Crippen LogP contribution in [0.15, 0.2) is 48.5 Å². The van der Waals surface area contributed by atoms with Crippen molar-refractivity contribution < 1.29 is 9.59 Å². The van der Waals surface area contributed by atoms with Crippen molar-refractivity contribution in [1.29, 1.82) is 0 Å². The Morgan fingerprint density at radius 1 is 1.05 bits per heavy atom. The summed E-state index contributed by atoms with van der Waals surface area (Å²) >= 11 is 7.93. The fraction of sp³-hybridized carbons (Fsp3) is 0.125. The highest BCUT2D eigenvalue weighted by Gasteiger charge is 2.11. The van der Waals surface area contributed by atoms with Gasteiger partial charge in [0, 0.05) is 15.1 Å². The molecule has 2 aromatic rings. The number of halogens is 2. The lowest BCUT2D eigenvalue weighted by molar-refractivity contribution is -0.120. The van der Waals surface area contributed by atoms with Crippen molar-refractivity contribution in [1.82, 2.24) is 10.6 Å². The van der Waals surface area contributed by atoms with Gasteiger partial charge in [0.15, 0.2) is 0 Å². The number of nitrogens with one attached hydrogen (secondary N) is 2. The Bertz CT molecular complexity index is 677. The lowest BCUT2D eigenvalue weighted by Crippen LogP contribution is -2.36. The van der Waals surface area contributed by atoms with E-state index in [0.717, 1.165) is 9.13 Å². The van der Waals surface area contributed by atoms with Crippen LogP contribution < -0.4 is 10.6 Å². The summed E-state index contributed by atoms with van der Waals surface area (Å²) in [6.07, 6.45) is 0. The summed E-state index contributed by atoms with van der Waals surface area (Å²) in [6.45, 7) is 0.360. The summed E-state index contributed by atoms with van der Waals surface area (Å²) in [5, 5.41) is 5.82. The van der Waals surface area contributed by atoms with E-state index < -0.39 is 0 Å². The Balaban J connectivity index is 1.83. The molecule has 2 amide bonds. The largest absolute Gasteiger partial charge is 0.350 e. The summed E-state index contributed by atoms with van der Waals surface area (Å²) in [5.74, 6) is -0.559. The van der Waals surface area contributed by atoms with Crippen molar-refractivity contribution in [2.75, 3.05) is 6.54 Å². The normalized spacial score (nSPS) is 10.1. The van der Waals surface area contributed by atoms with E-state index in [4.69, 9.17) is 11.6 Å². The second kappa shape index (κ2) is 8.14. The minimum absolute atomic E-state index is 0.0751. The fourth-order valence-electron chi connectivity index (χ4n) is 1.79. The van der Waals surface area contributed by atoms with Crippen LogP contribution in [-0.2, 0) is 11.3 Å². The molecule has 0 fully saturated rings. The van der Waals surface area contributed by atoms with Crippen molar-refractivity contribution in [3.63, 3.8) is 0 Å². The predicted octanol–water partition coefficient (Wildman–Crippen LogP) is 2.99. The Labute approximate surface area is 147 Å². The van der Waals surface area contributed by atoms with Gasteiger partial charge in [-0.15, -0.1) is 0 Å². The van der Waals surface area contributed by atoms with Gasteiger partial charge in [0.2, 0.25) is 5.91 Å². The molecule has 0 aliphatic carbocycles. The van der Waals surface area contributed by atoms with Crippen molar-refractivity contribution in [3.05, 3.63) is 68.3 Å². The van der Waals surface area contributed by atoms with Crippen LogP contribution >= 0.6 is 34.2 Å². The van der Waals surface area contributed by atoms with E-state index in [2.05, 4.69) is 33.2 Å². The number of amides is 2. The van der Waals surface area contributed by atoms with Crippen LogP contribution in [-0.4, -0.2) is 18.4 Å². The smallest absolute Gasteiger partial charge is 0.252 e. The number of hydrogen-bond acceptors (Lipinski definition) is 2. The van der Waals surface area contributed by atoms with Gasteiger partial charge in [0.1, 0.15) is 0 Å². The van der Waals surface area contributed by atoms with Gasteiger partial charge in [-0.05, 0) is 46.4 Å². The van der Waals surface area contributed by atoms with Crippen molar-refractivity contribution in [2.24, 2.45) is 0 Å². The van der Waals surface area contributed by atoms with Gasteiger partial charge >= 0.3 is 0 Å². The molecule has 2 N–H and O–H groups in total. The van der Waals surface area contributed by atoms with Gasteiger partial charge < -0.3 is 10.6 Å². The molecule has 0 atom stereocenters. The molecule has 114 valence electrons. The minimum Gasteiger partial charge on any atom is -0.350 e. The zero-order valence-corrected chi connectivity index (χ0v) is 14.5. The molecule has 2 rings (SSSR count). The lowest BCUT2D eigenvalue weighted by atomic mass is 10.2. The van der Waals surface area contributed by atoms with E-state index in [9.17, 15) is 9.59 Å². The Kier molecular flexibility index (Phi) is 6.21. The van der Waals surface area contributed by atoms with Crippen LogP contribution in [0, 0.1) is 3.57 Å². The number of rotatable bonds is 5. The van der Waals surface area contributed by atoms with Crippen LogP contribution in [0.2, 0.25) is 5.02 Å². The zero-order chi connectivity index (χ0) is 15.9. The van der Waals surface area contributed by atoms with E-state index in [1.54, 1.807) is 18.2 Å². The number of carbonyl (C=O) groups excluding carboxylic acids is 2. The van der Waals surface area contributed by atoms with Gasteiger partial charge in [0.05, 0.1) is 12.1 Å². The first kappa shape index (κ1) is 16.8. The molecule has 0 unspecified atom stereocenters. The molecule has 2 aromatic carbocycles. The first-order valence-electron chi connectivity index (χ1n) is 6.60. The molecule has 0 bridgehead atoms. The summed E-state index contributed by atoms with van der Waals surface area (Å²) in [6, 6.07) is 14.6. The van der Waals surface area contributed by atoms with E-state index in [1.807, 2.05) is 30.3 Å². The quantitative estimate of drug-likeness (QED) is 0.720. The highest BCUT2D eigenvalue weighted by atomic mass is 127. The number of benzene rings is 2. The van der Waals surface area contributed by atoms with Crippen LogP contribution in [0.3, 0.4) is 0 Å². The van der Waals surface area contributed by atoms with Gasteiger partial charge in [-0.3, -0.25) is 9.59 Å². The first-order valence-corrected chi connectivity index (χ1v) is 8.06. The second-order valence-electron chi connectivity index (χ2n) is 4.57. The fourth-order valence-corrected chi connectivity index (χ4v) is 2.54. The SMILES string of the molecule is O=C(CNC(=O)c1cc(Cl)ccc1I)NCc1ccccc1.